The van der Waals surface area contributed by atoms with E-state index in [9.17, 15) is 4.79 Å². The number of aromatic carboxylic acids is 1. The summed E-state index contributed by atoms with van der Waals surface area (Å²) in [6.45, 7) is 0. The normalized spacial score (nSPS) is 10.9. The van der Waals surface area contributed by atoms with E-state index in [1.54, 1.807) is 30.6 Å². The number of nitrogens with two attached hydrogens (primary N) is 1. The number of benzene rings is 1. The van der Waals surface area contributed by atoms with Crippen LogP contribution >= 0.6 is 0 Å². The molecular formula is C13H9N3O2. The summed E-state index contributed by atoms with van der Waals surface area (Å²) < 4.78 is 0. The highest BCUT2D eigenvalue weighted by molar-refractivity contribution is 6.10. The van der Waals surface area contributed by atoms with Gasteiger partial charge in [0.15, 0.2) is 0 Å². The van der Waals surface area contributed by atoms with Crippen molar-refractivity contribution in [2.75, 3.05) is 5.73 Å². The molecule has 3 rings (SSSR count). The smallest absolute Gasteiger partial charge is 0.335 e. The number of aromatic nitrogens is 2. The zero-order chi connectivity index (χ0) is 12.7. The van der Waals surface area contributed by atoms with Gasteiger partial charge in [0.05, 0.1) is 11.1 Å². The molecule has 0 saturated heterocycles. The van der Waals surface area contributed by atoms with Crippen molar-refractivity contribution in [2.45, 2.75) is 0 Å². The minimum absolute atomic E-state index is 0.229. The summed E-state index contributed by atoms with van der Waals surface area (Å²) in [5, 5.41) is 11.4. The van der Waals surface area contributed by atoms with Gasteiger partial charge in [0.1, 0.15) is 5.82 Å². The summed E-state index contributed by atoms with van der Waals surface area (Å²) in [6, 6.07) is 6.59. The first-order valence-corrected chi connectivity index (χ1v) is 5.33. The summed E-state index contributed by atoms with van der Waals surface area (Å²) >= 11 is 0. The summed E-state index contributed by atoms with van der Waals surface area (Å²) in [7, 11) is 0. The summed E-state index contributed by atoms with van der Waals surface area (Å²) in [5.74, 6) is -0.565. The third-order valence-electron chi connectivity index (χ3n) is 2.87. The third kappa shape index (κ3) is 1.45. The van der Waals surface area contributed by atoms with E-state index in [1.807, 2.05) is 0 Å². The number of anilines is 1. The van der Waals surface area contributed by atoms with Crippen LogP contribution in [0.3, 0.4) is 0 Å². The topological polar surface area (TPSA) is 89.1 Å². The van der Waals surface area contributed by atoms with Gasteiger partial charge in [-0.3, -0.25) is 4.98 Å². The van der Waals surface area contributed by atoms with Crippen molar-refractivity contribution in [3.05, 3.63) is 42.2 Å². The molecule has 0 fully saturated rings. The number of hydrogen-bond acceptors (Lipinski definition) is 4. The van der Waals surface area contributed by atoms with Crippen molar-refractivity contribution in [1.82, 2.24) is 9.97 Å². The van der Waals surface area contributed by atoms with E-state index in [0.717, 1.165) is 16.2 Å². The lowest BCUT2D eigenvalue weighted by Gasteiger charge is -2.06. The van der Waals surface area contributed by atoms with Crippen LogP contribution in [-0.4, -0.2) is 21.0 Å². The number of pyridine rings is 2. The molecule has 0 amide bonds. The Bertz CT molecular complexity index is 784. The number of carbonyl (C=O) groups is 1. The molecule has 0 unspecified atom stereocenters. The predicted octanol–water partition coefficient (Wildman–Crippen LogP) is 2.06. The molecule has 18 heavy (non-hydrogen) atoms. The molecule has 0 aliphatic carbocycles. The van der Waals surface area contributed by atoms with Gasteiger partial charge in [-0.25, -0.2) is 9.78 Å². The average Bonchev–Trinajstić information content (AvgIpc) is 2.38. The van der Waals surface area contributed by atoms with Gasteiger partial charge in [-0.05, 0) is 29.7 Å². The van der Waals surface area contributed by atoms with Crippen LogP contribution in [0.15, 0.2) is 36.7 Å². The van der Waals surface area contributed by atoms with E-state index in [1.165, 1.54) is 6.07 Å². The Hall–Kier alpha value is -2.69. The molecule has 88 valence electrons. The fourth-order valence-electron chi connectivity index (χ4n) is 2.01. The van der Waals surface area contributed by atoms with Crippen molar-refractivity contribution in [3.8, 4) is 0 Å². The first kappa shape index (κ1) is 10.5. The average molecular weight is 239 g/mol. The van der Waals surface area contributed by atoms with E-state index in [2.05, 4.69) is 9.97 Å². The number of hydrogen-bond donors (Lipinski definition) is 2. The van der Waals surface area contributed by atoms with E-state index in [-0.39, 0.29) is 5.56 Å². The SMILES string of the molecule is Nc1nc2ccc(C(=O)O)cc2c2ccncc12. The summed E-state index contributed by atoms with van der Waals surface area (Å²) in [6.07, 6.45) is 3.28. The minimum atomic E-state index is -0.962. The molecule has 0 atom stereocenters. The molecule has 1 aromatic carbocycles. The van der Waals surface area contributed by atoms with Crippen LogP contribution in [0.4, 0.5) is 5.82 Å². The standard InChI is InChI=1S/C13H9N3O2/c14-12-10-6-15-4-3-8(10)9-5-7(13(17)18)1-2-11(9)16-12/h1-6H,(H2,14,16)(H,17,18). The maximum Gasteiger partial charge on any atom is 0.335 e. The highest BCUT2D eigenvalue weighted by atomic mass is 16.4. The quantitative estimate of drug-likeness (QED) is 0.634. The molecular weight excluding hydrogens is 230 g/mol. The van der Waals surface area contributed by atoms with Gasteiger partial charge in [0.2, 0.25) is 0 Å². The highest BCUT2D eigenvalue weighted by Gasteiger charge is 2.09. The third-order valence-corrected chi connectivity index (χ3v) is 2.87. The monoisotopic (exact) mass is 239 g/mol. The van der Waals surface area contributed by atoms with Crippen LogP contribution in [-0.2, 0) is 0 Å². The lowest BCUT2D eigenvalue weighted by Crippen LogP contribution is -1.98. The van der Waals surface area contributed by atoms with Gasteiger partial charge >= 0.3 is 5.97 Å². The Kier molecular flexibility index (Phi) is 2.13. The van der Waals surface area contributed by atoms with Crippen LogP contribution in [0.5, 0.6) is 0 Å². The van der Waals surface area contributed by atoms with Crippen molar-refractivity contribution in [3.63, 3.8) is 0 Å². The first-order chi connectivity index (χ1) is 8.66. The lowest BCUT2D eigenvalue weighted by molar-refractivity contribution is 0.0697. The molecule has 0 spiro atoms. The zero-order valence-corrected chi connectivity index (χ0v) is 9.29. The predicted molar refractivity (Wildman–Crippen MR) is 68.4 cm³/mol. The molecule has 0 aliphatic heterocycles. The van der Waals surface area contributed by atoms with Crippen LogP contribution in [0.1, 0.15) is 10.4 Å². The number of rotatable bonds is 1. The second-order valence-electron chi connectivity index (χ2n) is 3.96. The van der Waals surface area contributed by atoms with Gasteiger partial charge in [-0.2, -0.15) is 0 Å². The van der Waals surface area contributed by atoms with Gasteiger partial charge in [0.25, 0.3) is 0 Å². The van der Waals surface area contributed by atoms with Crippen LogP contribution < -0.4 is 5.73 Å². The van der Waals surface area contributed by atoms with Crippen LogP contribution in [0.2, 0.25) is 0 Å². The molecule has 2 heterocycles. The fraction of sp³-hybridized carbons (Fsp3) is 0. The largest absolute Gasteiger partial charge is 0.478 e. The van der Waals surface area contributed by atoms with E-state index >= 15 is 0 Å². The molecule has 5 nitrogen and oxygen atoms in total. The van der Waals surface area contributed by atoms with E-state index in [4.69, 9.17) is 10.8 Å². The van der Waals surface area contributed by atoms with E-state index in [0.29, 0.717) is 11.3 Å². The van der Waals surface area contributed by atoms with Crippen LogP contribution in [0, 0.1) is 0 Å². The van der Waals surface area contributed by atoms with Crippen molar-refractivity contribution < 1.29 is 9.90 Å². The van der Waals surface area contributed by atoms with Crippen molar-refractivity contribution in [2.24, 2.45) is 0 Å². The lowest BCUT2D eigenvalue weighted by atomic mass is 10.1. The highest BCUT2D eigenvalue weighted by Crippen LogP contribution is 2.27. The molecule has 3 N–H and O–H groups in total. The molecule has 0 radical (unpaired) electrons. The number of nitrogens with zero attached hydrogens (tertiary/aromatic N) is 2. The maximum atomic E-state index is 11.0. The van der Waals surface area contributed by atoms with Crippen molar-refractivity contribution in [1.29, 1.82) is 0 Å². The second kappa shape index (κ2) is 3.66. The van der Waals surface area contributed by atoms with Gasteiger partial charge in [0, 0.05) is 23.2 Å². The van der Waals surface area contributed by atoms with Gasteiger partial charge in [-0.1, -0.05) is 0 Å². The van der Waals surface area contributed by atoms with Gasteiger partial charge in [-0.15, -0.1) is 0 Å². The Morgan fingerprint density at radius 1 is 1.17 bits per heavy atom. The summed E-state index contributed by atoms with van der Waals surface area (Å²) in [4.78, 5) is 19.2. The number of fused-ring (bicyclic) bond motifs is 3. The number of nitrogen functional groups attached to an aromatic ring is 1. The molecule has 3 aromatic rings. The Morgan fingerprint density at radius 3 is 2.78 bits per heavy atom. The second-order valence-corrected chi connectivity index (χ2v) is 3.96. The molecule has 5 heteroatoms. The maximum absolute atomic E-state index is 11.0. The number of carboxylic acid groups (broad SMARTS) is 1. The van der Waals surface area contributed by atoms with Crippen molar-refractivity contribution >= 4 is 33.5 Å². The molecule has 0 saturated carbocycles. The fourth-order valence-corrected chi connectivity index (χ4v) is 2.01. The minimum Gasteiger partial charge on any atom is -0.478 e. The van der Waals surface area contributed by atoms with Crippen LogP contribution in [0.25, 0.3) is 21.7 Å². The number of carboxylic acids is 1. The molecule has 0 aliphatic rings. The Morgan fingerprint density at radius 2 is 2.00 bits per heavy atom. The van der Waals surface area contributed by atoms with Gasteiger partial charge < -0.3 is 10.8 Å². The Balaban J connectivity index is 2.50. The Labute approximate surface area is 102 Å². The van der Waals surface area contributed by atoms with E-state index < -0.39 is 5.97 Å². The summed E-state index contributed by atoms with van der Waals surface area (Å²) in [5.41, 5.74) is 6.76. The zero-order valence-electron chi connectivity index (χ0n) is 9.29. The molecule has 0 bridgehead atoms. The molecule has 2 aromatic heterocycles. The first-order valence-electron chi connectivity index (χ1n) is 5.33.